The number of aromatic amines is 1. The maximum atomic E-state index is 5.74. The SMILES string of the molecule is CCc1nnsc1-c1nc2ccc(N)cc2[nH]1. The Kier molecular flexibility index (Phi) is 2.29. The number of nitrogens with one attached hydrogen (secondary N) is 1. The molecule has 0 unspecified atom stereocenters. The van der Waals surface area contributed by atoms with Crippen LogP contribution < -0.4 is 5.73 Å². The molecular weight excluding hydrogens is 234 g/mol. The molecule has 0 radical (unpaired) electrons. The van der Waals surface area contributed by atoms with E-state index in [1.165, 1.54) is 11.5 Å². The first kappa shape index (κ1) is 10.2. The number of rotatable bonds is 2. The predicted molar refractivity (Wildman–Crippen MR) is 68.8 cm³/mol. The second-order valence-corrected chi connectivity index (χ2v) is 4.52. The zero-order chi connectivity index (χ0) is 11.8. The van der Waals surface area contributed by atoms with E-state index in [2.05, 4.69) is 26.5 Å². The molecule has 0 saturated carbocycles. The molecule has 2 heterocycles. The van der Waals surface area contributed by atoms with Crippen LogP contribution in [0.3, 0.4) is 0 Å². The first-order chi connectivity index (χ1) is 8.28. The van der Waals surface area contributed by atoms with Gasteiger partial charge in [-0.1, -0.05) is 11.4 Å². The predicted octanol–water partition coefficient (Wildman–Crippen LogP) is 2.23. The number of H-pyrrole nitrogens is 1. The van der Waals surface area contributed by atoms with Gasteiger partial charge < -0.3 is 10.7 Å². The normalized spacial score (nSPS) is 11.1. The maximum Gasteiger partial charge on any atom is 0.152 e. The molecule has 3 rings (SSSR count). The summed E-state index contributed by atoms with van der Waals surface area (Å²) in [6.07, 6.45) is 0.852. The fourth-order valence-corrected chi connectivity index (χ4v) is 2.45. The van der Waals surface area contributed by atoms with Crippen molar-refractivity contribution < 1.29 is 0 Å². The summed E-state index contributed by atoms with van der Waals surface area (Å²) in [5, 5.41) is 4.08. The van der Waals surface area contributed by atoms with Gasteiger partial charge in [-0.3, -0.25) is 0 Å². The number of benzene rings is 1. The Bertz CT molecular complexity index is 669. The number of aryl methyl sites for hydroxylation is 1. The lowest BCUT2D eigenvalue weighted by Crippen LogP contribution is -1.85. The van der Waals surface area contributed by atoms with E-state index in [4.69, 9.17) is 5.73 Å². The van der Waals surface area contributed by atoms with E-state index in [0.717, 1.165) is 39.5 Å². The highest BCUT2D eigenvalue weighted by Gasteiger charge is 2.12. The molecule has 0 aliphatic heterocycles. The summed E-state index contributed by atoms with van der Waals surface area (Å²) in [4.78, 5) is 8.78. The highest BCUT2D eigenvalue weighted by Crippen LogP contribution is 2.26. The minimum atomic E-state index is 0.728. The van der Waals surface area contributed by atoms with Gasteiger partial charge >= 0.3 is 0 Å². The standard InChI is InChI=1S/C11H11N5S/c1-2-7-10(17-16-15-7)11-13-8-4-3-6(12)5-9(8)14-11/h3-5H,2,12H2,1H3,(H,13,14). The van der Waals surface area contributed by atoms with Gasteiger partial charge in [-0.15, -0.1) is 5.10 Å². The van der Waals surface area contributed by atoms with Crippen molar-refractivity contribution in [1.29, 1.82) is 0 Å². The van der Waals surface area contributed by atoms with Gasteiger partial charge in [0.15, 0.2) is 5.82 Å². The summed E-state index contributed by atoms with van der Waals surface area (Å²) < 4.78 is 3.96. The van der Waals surface area contributed by atoms with Crippen LogP contribution in [0.15, 0.2) is 18.2 Å². The van der Waals surface area contributed by atoms with Gasteiger partial charge in [0.25, 0.3) is 0 Å². The molecule has 3 aromatic rings. The highest BCUT2D eigenvalue weighted by molar-refractivity contribution is 7.09. The second-order valence-electron chi connectivity index (χ2n) is 3.76. The summed E-state index contributed by atoms with van der Waals surface area (Å²) in [6.45, 7) is 2.06. The summed E-state index contributed by atoms with van der Waals surface area (Å²) in [5.41, 5.74) is 9.29. The molecule has 86 valence electrons. The topological polar surface area (TPSA) is 80.5 Å². The molecule has 6 heteroatoms. The van der Waals surface area contributed by atoms with Gasteiger partial charge in [-0.25, -0.2) is 4.98 Å². The van der Waals surface area contributed by atoms with E-state index in [0.29, 0.717) is 0 Å². The lowest BCUT2D eigenvalue weighted by atomic mass is 10.3. The molecule has 0 spiro atoms. The van der Waals surface area contributed by atoms with Gasteiger partial charge in [-0.05, 0) is 36.2 Å². The minimum absolute atomic E-state index is 0.728. The van der Waals surface area contributed by atoms with Gasteiger partial charge in [-0.2, -0.15) is 0 Å². The fourth-order valence-electron chi connectivity index (χ4n) is 1.75. The lowest BCUT2D eigenvalue weighted by molar-refractivity contribution is 0.990. The number of imidazole rings is 1. The van der Waals surface area contributed by atoms with Gasteiger partial charge in [0.2, 0.25) is 0 Å². The molecule has 2 aromatic heterocycles. The quantitative estimate of drug-likeness (QED) is 0.678. The van der Waals surface area contributed by atoms with E-state index in [1.54, 1.807) is 0 Å². The third-order valence-electron chi connectivity index (χ3n) is 2.61. The molecule has 3 N–H and O–H groups in total. The number of fused-ring (bicyclic) bond motifs is 1. The van der Waals surface area contributed by atoms with Crippen LogP contribution in [-0.2, 0) is 6.42 Å². The largest absolute Gasteiger partial charge is 0.399 e. The summed E-state index contributed by atoms with van der Waals surface area (Å²) >= 11 is 1.36. The van der Waals surface area contributed by atoms with Crippen molar-refractivity contribution in [2.45, 2.75) is 13.3 Å². The molecule has 0 amide bonds. The van der Waals surface area contributed by atoms with Crippen molar-refractivity contribution in [3.63, 3.8) is 0 Å². The second kappa shape index (κ2) is 3.81. The fraction of sp³-hybridized carbons (Fsp3) is 0.182. The van der Waals surface area contributed by atoms with E-state index < -0.39 is 0 Å². The zero-order valence-electron chi connectivity index (χ0n) is 9.27. The Morgan fingerprint density at radius 2 is 2.29 bits per heavy atom. The Balaban J connectivity index is 2.18. The van der Waals surface area contributed by atoms with Crippen LogP contribution in [-0.4, -0.2) is 19.6 Å². The van der Waals surface area contributed by atoms with E-state index >= 15 is 0 Å². The number of aromatic nitrogens is 4. The Hall–Kier alpha value is -1.95. The van der Waals surface area contributed by atoms with Crippen molar-refractivity contribution in [3.8, 4) is 10.7 Å². The van der Waals surface area contributed by atoms with Crippen molar-refractivity contribution in [3.05, 3.63) is 23.9 Å². The smallest absolute Gasteiger partial charge is 0.152 e. The zero-order valence-corrected chi connectivity index (χ0v) is 10.1. The molecular formula is C11H11N5S. The summed E-state index contributed by atoms with van der Waals surface area (Å²) in [6, 6.07) is 5.63. The molecule has 0 aliphatic rings. The summed E-state index contributed by atoms with van der Waals surface area (Å²) in [7, 11) is 0. The van der Waals surface area contributed by atoms with Crippen molar-refractivity contribution in [2.24, 2.45) is 0 Å². The van der Waals surface area contributed by atoms with Crippen LogP contribution in [0.5, 0.6) is 0 Å². The van der Waals surface area contributed by atoms with Crippen LogP contribution in [0.25, 0.3) is 21.7 Å². The molecule has 17 heavy (non-hydrogen) atoms. The number of hydrogen-bond acceptors (Lipinski definition) is 5. The van der Waals surface area contributed by atoms with Crippen molar-refractivity contribution >= 4 is 28.3 Å². The molecule has 0 bridgehead atoms. The molecule has 5 nitrogen and oxygen atoms in total. The van der Waals surface area contributed by atoms with Crippen LogP contribution in [0, 0.1) is 0 Å². The lowest BCUT2D eigenvalue weighted by Gasteiger charge is -1.92. The average Bonchev–Trinajstić information content (AvgIpc) is 2.93. The van der Waals surface area contributed by atoms with Gasteiger partial charge in [0.1, 0.15) is 4.88 Å². The van der Waals surface area contributed by atoms with Crippen LogP contribution in [0.2, 0.25) is 0 Å². The van der Waals surface area contributed by atoms with Gasteiger partial charge in [0, 0.05) is 5.69 Å². The van der Waals surface area contributed by atoms with Gasteiger partial charge in [0.05, 0.1) is 16.7 Å². The van der Waals surface area contributed by atoms with Crippen LogP contribution >= 0.6 is 11.5 Å². The molecule has 0 atom stereocenters. The first-order valence-corrected chi connectivity index (χ1v) is 6.12. The maximum absolute atomic E-state index is 5.74. The number of nitrogens with two attached hydrogens (primary N) is 1. The number of nitrogens with zero attached hydrogens (tertiary/aromatic N) is 3. The number of nitrogen functional groups attached to an aromatic ring is 1. The molecule has 1 aromatic carbocycles. The molecule has 0 fully saturated rings. The van der Waals surface area contributed by atoms with Crippen LogP contribution in [0.1, 0.15) is 12.6 Å². The Morgan fingerprint density at radius 1 is 1.41 bits per heavy atom. The van der Waals surface area contributed by atoms with E-state index in [9.17, 15) is 0 Å². The molecule has 0 aliphatic carbocycles. The third kappa shape index (κ3) is 1.66. The summed E-state index contributed by atoms with van der Waals surface area (Å²) in [5.74, 6) is 0.817. The first-order valence-electron chi connectivity index (χ1n) is 5.34. The monoisotopic (exact) mass is 245 g/mol. The van der Waals surface area contributed by atoms with E-state index in [1.807, 2.05) is 18.2 Å². The van der Waals surface area contributed by atoms with Crippen molar-refractivity contribution in [1.82, 2.24) is 19.6 Å². The third-order valence-corrected chi connectivity index (χ3v) is 3.39. The van der Waals surface area contributed by atoms with Crippen LogP contribution in [0.4, 0.5) is 5.69 Å². The Morgan fingerprint density at radius 3 is 3.12 bits per heavy atom. The number of anilines is 1. The average molecular weight is 245 g/mol. The minimum Gasteiger partial charge on any atom is -0.399 e. The van der Waals surface area contributed by atoms with E-state index in [-0.39, 0.29) is 0 Å². The Labute approximate surface area is 102 Å². The highest BCUT2D eigenvalue weighted by atomic mass is 32.1. The van der Waals surface area contributed by atoms with Crippen molar-refractivity contribution in [2.75, 3.05) is 5.73 Å². The molecule has 0 saturated heterocycles. The number of hydrogen-bond donors (Lipinski definition) is 2.